The number of amides is 1. The lowest BCUT2D eigenvalue weighted by Crippen LogP contribution is -2.33. The Labute approximate surface area is 141 Å². The first kappa shape index (κ1) is 18.3. The Bertz CT molecular complexity index is 576. The van der Waals surface area contributed by atoms with Crippen molar-refractivity contribution < 1.29 is 9.53 Å². The fourth-order valence-corrected chi connectivity index (χ4v) is 1.87. The van der Waals surface area contributed by atoms with Crippen LogP contribution in [0.1, 0.15) is 5.69 Å². The Kier molecular flexibility index (Phi) is 7.71. The molecule has 0 N–H and O–H groups in total. The molecule has 0 radical (unpaired) electrons. The quantitative estimate of drug-likeness (QED) is 0.810. The average Bonchev–Trinajstić information content (AvgIpc) is 2.52. The van der Waals surface area contributed by atoms with E-state index in [1.54, 1.807) is 42.4 Å². The van der Waals surface area contributed by atoms with Gasteiger partial charge in [-0.3, -0.25) is 9.78 Å². The maximum absolute atomic E-state index is 12.0. The summed E-state index contributed by atoms with van der Waals surface area (Å²) < 4.78 is 5.43. The molecule has 0 spiro atoms. The van der Waals surface area contributed by atoms with Gasteiger partial charge in [-0.05, 0) is 36.4 Å². The number of ether oxygens (including phenoxy) is 1. The van der Waals surface area contributed by atoms with Gasteiger partial charge in [-0.25, -0.2) is 0 Å². The Morgan fingerprint density at radius 2 is 1.95 bits per heavy atom. The molecule has 0 saturated carbocycles. The lowest BCUT2D eigenvalue weighted by molar-refractivity contribution is -0.132. The van der Waals surface area contributed by atoms with Crippen molar-refractivity contribution in [2.45, 2.75) is 6.42 Å². The number of halogens is 2. The van der Waals surface area contributed by atoms with E-state index in [4.69, 9.17) is 16.3 Å². The molecular weight excluding hydrogens is 323 g/mol. The lowest BCUT2D eigenvalue weighted by atomic mass is 10.2. The maximum atomic E-state index is 12.0. The van der Waals surface area contributed by atoms with Crippen molar-refractivity contribution in [1.82, 2.24) is 9.88 Å². The van der Waals surface area contributed by atoms with Crippen LogP contribution in [-0.4, -0.2) is 36.0 Å². The number of nitrogens with zero attached hydrogens (tertiary/aromatic N) is 2. The number of carbonyl (C=O) groups excluding carboxylic acids is 1. The second-order valence-corrected chi connectivity index (χ2v) is 5.07. The Hall–Kier alpha value is -1.78. The standard InChI is InChI=1S/C16H17ClN2O2.ClH/c1-19(11-9-14-4-2-3-10-18-14)16(20)12-21-15-7-5-13(17)6-8-15;/h2-8,10H,9,11-12H2,1H3;1H. The third-order valence-corrected chi connectivity index (χ3v) is 3.28. The van der Waals surface area contributed by atoms with E-state index >= 15 is 0 Å². The zero-order valence-electron chi connectivity index (χ0n) is 12.2. The van der Waals surface area contributed by atoms with E-state index in [0.717, 1.165) is 12.1 Å². The van der Waals surface area contributed by atoms with E-state index < -0.39 is 0 Å². The Morgan fingerprint density at radius 3 is 2.59 bits per heavy atom. The van der Waals surface area contributed by atoms with Crippen LogP contribution < -0.4 is 4.74 Å². The highest BCUT2D eigenvalue weighted by atomic mass is 35.5. The normalized spacial score (nSPS) is 9.73. The summed E-state index contributed by atoms with van der Waals surface area (Å²) in [6, 6.07) is 12.7. The number of aromatic nitrogens is 1. The molecule has 22 heavy (non-hydrogen) atoms. The van der Waals surface area contributed by atoms with Crippen LogP contribution in [-0.2, 0) is 11.2 Å². The van der Waals surface area contributed by atoms with Gasteiger partial charge in [0.15, 0.2) is 6.61 Å². The molecule has 0 bridgehead atoms. The number of rotatable bonds is 6. The zero-order valence-corrected chi connectivity index (χ0v) is 13.8. The molecule has 1 amide bonds. The summed E-state index contributed by atoms with van der Waals surface area (Å²) in [6.07, 6.45) is 2.48. The molecule has 0 aliphatic rings. The Balaban J connectivity index is 0.00000242. The molecule has 0 atom stereocenters. The van der Waals surface area contributed by atoms with Crippen molar-refractivity contribution in [2.75, 3.05) is 20.2 Å². The van der Waals surface area contributed by atoms with Gasteiger partial charge in [-0.15, -0.1) is 12.4 Å². The first-order valence-electron chi connectivity index (χ1n) is 6.67. The monoisotopic (exact) mass is 340 g/mol. The smallest absolute Gasteiger partial charge is 0.260 e. The minimum absolute atomic E-state index is 0. The van der Waals surface area contributed by atoms with Crippen LogP contribution in [0, 0.1) is 0 Å². The fourth-order valence-electron chi connectivity index (χ4n) is 1.74. The first-order valence-corrected chi connectivity index (χ1v) is 7.05. The molecule has 118 valence electrons. The second-order valence-electron chi connectivity index (χ2n) is 4.63. The van der Waals surface area contributed by atoms with Crippen molar-refractivity contribution in [1.29, 1.82) is 0 Å². The summed E-state index contributed by atoms with van der Waals surface area (Å²) in [5.41, 5.74) is 0.968. The first-order chi connectivity index (χ1) is 10.1. The summed E-state index contributed by atoms with van der Waals surface area (Å²) in [5.74, 6) is 0.562. The summed E-state index contributed by atoms with van der Waals surface area (Å²) >= 11 is 5.79. The number of benzene rings is 1. The Morgan fingerprint density at radius 1 is 1.23 bits per heavy atom. The van der Waals surface area contributed by atoms with Crippen LogP contribution in [0.15, 0.2) is 48.7 Å². The molecule has 0 fully saturated rings. The molecule has 1 aromatic carbocycles. The average molecular weight is 341 g/mol. The molecule has 1 aromatic heterocycles. The second kappa shape index (κ2) is 9.28. The van der Waals surface area contributed by atoms with Gasteiger partial charge in [-0.2, -0.15) is 0 Å². The van der Waals surface area contributed by atoms with Gasteiger partial charge < -0.3 is 9.64 Å². The highest BCUT2D eigenvalue weighted by molar-refractivity contribution is 6.30. The predicted molar refractivity (Wildman–Crippen MR) is 89.8 cm³/mol. The molecule has 0 unspecified atom stereocenters. The third-order valence-electron chi connectivity index (χ3n) is 3.03. The van der Waals surface area contributed by atoms with Crippen molar-refractivity contribution >= 4 is 29.9 Å². The molecule has 1 heterocycles. The number of hydrogen-bond acceptors (Lipinski definition) is 3. The third kappa shape index (κ3) is 5.92. The van der Waals surface area contributed by atoms with Crippen LogP contribution in [0.4, 0.5) is 0 Å². The van der Waals surface area contributed by atoms with Crippen LogP contribution in [0.25, 0.3) is 0 Å². The van der Waals surface area contributed by atoms with Crippen LogP contribution in [0.5, 0.6) is 5.75 Å². The van der Waals surface area contributed by atoms with Gasteiger partial charge in [0, 0.05) is 36.9 Å². The van der Waals surface area contributed by atoms with Gasteiger partial charge >= 0.3 is 0 Å². The van der Waals surface area contributed by atoms with Gasteiger partial charge in [0.25, 0.3) is 5.91 Å². The van der Waals surface area contributed by atoms with Crippen molar-refractivity contribution in [3.8, 4) is 5.75 Å². The van der Waals surface area contributed by atoms with Gasteiger partial charge in [0.05, 0.1) is 0 Å². The van der Waals surface area contributed by atoms with Crippen LogP contribution in [0.3, 0.4) is 0 Å². The molecule has 0 aliphatic heterocycles. The summed E-state index contributed by atoms with van der Waals surface area (Å²) in [5, 5.41) is 0.640. The van der Waals surface area contributed by atoms with E-state index in [2.05, 4.69) is 4.98 Å². The maximum Gasteiger partial charge on any atom is 0.260 e. The molecule has 2 rings (SSSR count). The highest BCUT2D eigenvalue weighted by Gasteiger charge is 2.09. The van der Waals surface area contributed by atoms with Gasteiger partial charge in [0.2, 0.25) is 0 Å². The molecule has 4 nitrogen and oxygen atoms in total. The molecule has 0 saturated heterocycles. The van der Waals surface area contributed by atoms with Gasteiger partial charge in [-0.1, -0.05) is 17.7 Å². The fraction of sp³-hybridized carbons (Fsp3) is 0.250. The van der Waals surface area contributed by atoms with E-state index in [1.165, 1.54) is 0 Å². The zero-order chi connectivity index (χ0) is 15.1. The molecule has 2 aromatic rings. The largest absolute Gasteiger partial charge is 0.484 e. The number of likely N-dealkylation sites (N-methyl/N-ethyl adjacent to an activating group) is 1. The predicted octanol–water partition coefficient (Wildman–Crippen LogP) is 3.24. The molecule has 0 aliphatic carbocycles. The van der Waals surface area contributed by atoms with E-state index in [9.17, 15) is 4.79 Å². The van der Waals surface area contributed by atoms with Crippen LogP contribution >= 0.6 is 24.0 Å². The number of pyridine rings is 1. The van der Waals surface area contributed by atoms with Crippen molar-refractivity contribution in [2.24, 2.45) is 0 Å². The molecule has 6 heteroatoms. The highest BCUT2D eigenvalue weighted by Crippen LogP contribution is 2.15. The molecular formula is C16H18Cl2N2O2. The summed E-state index contributed by atoms with van der Waals surface area (Å²) in [7, 11) is 1.76. The number of hydrogen-bond donors (Lipinski definition) is 0. The van der Waals surface area contributed by atoms with E-state index in [0.29, 0.717) is 17.3 Å². The summed E-state index contributed by atoms with van der Waals surface area (Å²) in [6.45, 7) is 0.625. The van der Waals surface area contributed by atoms with E-state index in [-0.39, 0.29) is 24.9 Å². The van der Waals surface area contributed by atoms with Gasteiger partial charge in [0.1, 0.15) is 5.75 Å². The van der Waals surface area contributed by atoms with Crippen molar-refractivity contribution in [3.05, 3.63) is 59.4 Å². The lowest BCUT2D eigenvalue weighted by Gasteiger charge is -2.17. The minimum Gasteiger partial charge on any atom is -0.484 e. The number of carbonyl (C=O) groups is 1. The summed E-state index contributed by atoms with van der Waals surface area (Å²) in [4.78, 5) is 17.8. The van der Waals surface area contributed by atoms with Crippen molar-refractivity contribution in [3.63, 3.8) is 0 Å². The van der Waals surface area contributed by atoms with E-state index in [1.807, 2.05) is 18.2 Å². The SMILES string of the molecule is CN(CCc1ccccn1)C(=O)COc1ccc(Cl)cc1.Cl. The minimum atomic E-state index is -0.0686. The topological polar surface area (TPSA) is 42.4 Å². The van der Waals surface area contributed by atoms with Crippen LogP contribution in [0.2, 0.25) is 5.02 Å².